The lowest BCUT2D eigenvalue weighted by molar-refractivity contribution is -0.137. The van der Waals surface area contributed by atoms with Crippen LogP contribution < -0.4 is 9.80 Å². The van der Waals surface area contributed by atoms with Crippen molar-refractivity contribution in [1.29, 1.82) is 5.26 Å². The lowest BCUT2D eigenvalue weighted by Crippen LogP contribution is -2.47. The van der Waals surface area contributed by atoms with Gasteiger partial charge in [-0.1, -0.05) is 0 Å². The summed E-state index contributed by atoms with van der Waals surface area (Å²) in [7, 11) is 0. The first-order valence-corrected chi connectivity index (χ1v) is 9.51. The molecular weight excluding hydrogens is 387 g/mol. The number of nitriles is 1. The molecule has 3 aromatic rings. The summed E-state index contributed by atoms with van der Waals surface area (Å²) in [6.45, 7) is 4.66. The number of thiophene rings is 1. The van der Waals surface area contributed by atoms with Gasteiger partial charge in [0.25, 0.3) is 0 Å². The highest BCUT2D eigenvalue weighted by Gasteiger charge is 2.34. The molecule has 0 bridgehead atoms. The Hall–Kier alpha value is -2.86. The number of nitrogens with zero attached hydrogens (tertiary/aromatic N) is 5. The van der Waals surface area contributed by atoms with Gasteiger partial charge in [0.15, 0.2) is 0 Å². The summed E-state index contributed by atoms with van der Waals surface area (Å²) in [4.78, 5) is 15.0. The van der Waals surface area contributed by atoms with Crippen LogP contribution in [0.2, 0.25) is 0 Å². The fourth-order valence-electron chi connectivity index (χ4n) is 3.46. The van der Waals surface area contributed by atoms with E-state index in [0.717, 1.165) is 22.1 Å². The minimum atomic E-state index is -4.53. The van der Waals surface area contributed by atoms with Crippen LogP contribution in [0, 0.1) is 18.3 Å². The molecule has 9 heteroatoms. The molecule has 0 spiro atoms. The van der Waals surface area contributed by atoms with Gasteiger partial charge in [-0.3, -0.25) is 0 Å². The van der Waals surface area contributed by atoms with Crippen molar-refractivity contribution < 1.29 is 13.2 Å². The van der Waals surface area contributed by atoms with Gasteiger partial charge in [-0.2, -0.15) is 18.4 Å². The number of halogens is 3. The molecule has 144 valence electrons. The Labute approximate surface area is 163 Å². The zero-order valence-corrected chi connectivity index (χ0v) is 15.8. The van der Waals surface area contributed by atoms with Crippen LogP contribution in [0.5, 0.6) is 0 Å². The fourth-order valence-corrected chi connectivity index (χ4v) is 4.30. The predicted octanol–water partition coefficient (Wildman–Crippen LogP) is 4.22. The summed E-state index contributed by atoms with van der Waals surface area (Å²) >= 11 is 1.62. The number of aryl methyl sites for hydroxylation is 1. The lowest BCUT2D eigenvalue weighted by Gasteiger charge is -2.37. The van der Waals surface area contributed by atoms with Crippen molar-refractivity contribution in [3.8, 4) is 6.07 Å². The monoisotopic (exact) mass is 403 g/mol. The fraction of sp³-hybridized carbons (Fsp3) is 0.316. The molecule has 0 radical (unpaired) electrons. The van der Waals surface area contributed by atoms with E-state index < -0.39 is 11.7 Å². The molecule has 1 aromatic carbocycles. The summed E-state index contributed by atoms with van der Waals surface area (Å²) in [5.41, 5.74) is -0.615. The van der Waals surface area contributed by atoms with Crippen LogP contribution in [-0.2, 0) is 6.18 Å². The van der Waals surface area contributed by atoms with E-state index in [0.29, 0.717) is 31.9 Å². The maximum Gasteiger partial charge on any atom is 0.417 e. The van der Waals surface area contributed by atoms with E-state index in [1.54, 1.807) is 23.7 Å². The van der Waals surface area contributed by atoms with Crippen LogP contribution >= 0.6 is 11.3 Å². The van der Waals surface area contributed by atoms with Crippen LogP contribution in [0.4, 0.5) is 24.7 Å². The Morgan fingerprint density at radius 2 is 1.79 bits per heavy atom. The van der Waals surface area contributed by atoms with Gasteiger partial charge in [0, 0.05) is 36.7 Å². The second-order valence-corrected chi connectivity index (χ2v) is 7.82. The Morgan fingerprint density at radius 1 is 1.07 bits per heavy atom. The summed E-state index contributed by atoms with van der Waals surface area (Å²) in [6, 6.07) is 7.49. The summed E-state index contributed by atoms with van der Waals surface area (Å²) in [6.07, 6.45) is -2.96. The molecule has 5 nitrogen and oxygen atoms in total. The number of hydrogen-bond acceptors (Lipinski definition) is 6. The van der Waals surface area contributed by atoms with Gasteiger partial charge in [0.1, 0.15) is 17.0 Å². The molecule has 1 aliphatic heterocycles. The second-order valence-electron chi connectivity index (χ2n) is 6.59. The molecule has 0 amide bonds. The molecule has 3 heterocycles. The summed E-state index contributed by atoms with van der Waals surface area (Å²) in [5, 5.41) is 10.1. The average Bonchev–Trinajstić information content (AvgIpc) is 3.07. The topological polar surface area (TPSA) is 56.0 Å². The molecule has 0 saturated carbocycles. The van der Waals surface area contributed by atoms with Crippen LogP contribution in [0.25, 0.3) is 10.2 Å². The van der Waals surface area contributed by atoms with Crippen LogP contribution in [-0.4, -0.2) is 36.1 Å². The number of anilines is 2. The predicted molar refractivity (Wildman–Crippen MR) is 103 cm³/mol. The Bertz CT molecular complexity index is 1060. The first kappa shape index (κ1) is 18.5. The van der Waals surface area contributed by atoms with E-state index in [1.165, 1.54) is 17.0 Å². The summed E-state index contributed by atoms with van der Waals surface area (Å²) in [5.74, 6) is 0.888. The van der Waals surface area contributed by atoms with Crippen LogP contribution in [0.15, 0.2) is 30.6 Å². The van der Waals surface area contributed by atoms with Crippen molar-refractivity contribution in [2.45, 2.75) is 13.1 Å². The van der Waals surface area contributed by atoms with Gasteiger partial charge >= 0.3 is 6.18 Å². The average molecular weight is 403 g/mol. The SMILES string of the molecule is Cc1cc2c(N3CCN(c4ccc(C(F)(F)F)c(C#N)c4)CC3)ncnc2s1. The van der Waals surface area contributed by atoms with Crippen LogP contribution in [0.1, 0.15) is 16.0 Å². The third-order valence-electron chi connectivity index (χ3n) is 4.80. The van der Waals surface area contributed by atoms with Gasteiger partial charge < -0.3 is 9.80 Å². The van der Waals surface area contributed by atoms with Gasteiger partial charge in [0.05, 0.1) is 22.6 Å². The Kier molecular flexibility index (Phi) is 4.59. The van der Waals surface area contributed by atoms with Crippen molar-refractivity contribution in [1.82, 2.24) is 9.97 Å². The largest absolute Gasteiger partial charge is 0.417 e. The maximum atomic E-state index is 13.0. The molecule has 0 atom stereocenters. The minimum absolute atomic E-state index is 0.348. The van der Waals surface area contributed by atoms with E-state index in [1.807, 2.05) is 11.8 Å². The highest BCUT2D eigenvalue weighted by atomic mass is 32.1. The number of rotatable bonds is 2. The van der Waals surface area contributed by atoms with Crippen molar-refractivity contribution >= 4 is 33.1 Å². The third-order valence-corrected chi connectivity index (χ3v) is 5.76. The molecule has 1 saturated heterocycles. The number of fused-ring (bicyclic) bond motifs is 1. The lowest BCUT2D eigenvalue weighted by atomic mass is 10.1. The first-order chi connectivity index (χ1) is 13.4. The number of hydrogen-bond donors (Lipinski definition) is 0. The van der Waals surface area contributed by atoms with E-state index in [-0.39, 0.29) is 5.56 Å². The Balaban J connectivity index is 1.54. The molecule has 0 unspecified atom stereocenters. The molecular formula is C19H16F3N5S. The maximum absolute atomic E-state index is 13.0. The van der Waals surface area contributed by atoms with Gasteiger partial charge in [-0.15, -0.1) is 11.3 Å². The zero-order valence-electron chi connectivity index (χ0n) is 15.0. The molecule has 2 aromatic heterocycles. The number of benzene rings is 1. The van der Waals surface area contributed by atoms with E-state index >= 15 is 0 Å². The number of alkyl halides is 3. The molecule has 0 N–H and O–H groups in total. The normalized spacial score (nSPS) is 15.1. The highest BCUT2D eigenvalue weighted by Crippen LogP contribution is 2.34. The van der Waals surface area contributed by atoms with E-state index in [2.05, 4.69) is 20.9 Å². The molecule has 28 heavy (non-hydrogen) atoms. The molecule has 4 rings (SSSR count). The Morgan fingerprint density at radius 3 is 2.46 bits per heavy atom. The number of aromatic nitrogens is 2. The van der Waals surface area contributed by atoms with Gasteiger partial charge in [0.2, 0.25) is 0 Å². The number of piperazine rings is 1. The minimum Gasteiger partial charge on any atom is -0.368 e. The second kappa shape index (κ2) is 6.95. The highest BCUT2D eigenvalue weighted by molar-refractivity contribution is 7.18. The zero-order chi connectivity index (χ0) is 19.9. The van der Waals surface area contributed by atoms with Crippen LogP contribution in [0.3, 0.4) is 0 Å². The van der Waals surface area contributed by atoms with Gasteiger partial charge in [-0.25, -0.2) is 9.97 Å². The summed E-state index contributed by atoms with van der Waals surface area (Å²) < 4.78 is 39.0. The van der Waals surface area contributed by atoms with E-state index in [9.17, 15) is 13.2 Å². The first-order valence-electron chi connectivity index (χ1n) is 8.69. The van der Waals surface area contributed by atoms with Crippen molar-refractivity contribution in [2.24, 2.45) is 0 Å². The van der Waals surface area contributed by atoms with Crippen molar-refractivity contribution in [3.63, 3.8) is 0 Å². The third kappa shape index (κ3) is 3.36. The molecule has 1 aliphatic rings. The standard InChI is InChI=1S/C19H16F3N5S/c1-12-8-15-17(24-11-25-18(15)28-12)27-6-4-26(5-7-27)14-2-3-16(19(20,21)22)13(9-14)10-23/h2-3,8-9,11H,4-7H2,1H3. The quantitative estimate of drug-likeness (QED) is 0.641. The van der Waals surface area contributed by atoms with Crippen molar-refractivity contribution in [3.05, 3.63) is 46.6 Å². The molecule has 0 aliphatic carbocycles. The smallest absolute Gasteiger partial charge is 0.368 e. The van der Waals surface area contributed by atoms with Gasteiger partial charge in [-0.05, 0) is 31.2 Å². The van der Waals surface area contributed by atoms with E-state index in [4.69, 9.17) is 5.26 Å². The molecule has 1 fully saturated rings. The van der Waals surface area contributed by atoms with Crippen molar-refractivity contribution in [2.75, 3.05) is 36.0 Å².